The van der Waals surface area contributed by atoms with Gasteiger partial charge < -0.3 is 24.8 Å². The molecule has 3 rings (SSSR count). The van der Waals surface area contributed by atoms with Crippen LogP contribution in [0.15, 0.2) is 4.99 Å². The molecular weight excluding hydrogens is 481 g/mol. The highest BCUT2D eigenvalue weighted by Crippen LogP contribution is 2.18. The molecule has 0 radical (unpaired) electrons. The molecule has 1 aromatic heterocycles. The second kappa shape index (κ2) is 12.7. The number of guanidine groups is 1. The van der Waals surface area contributed by atoms with Gasteiger partial charge >= 0.3 is 0 Å². The van der Waals surface area contributed by atoms with E-state index in [2.05, 4.69) is 25.7 Å². The molecule has 0 unspecified atom stereocenters. The van der Waals surface area contributed by atoms with Crippen molar-refractivity contribution in [3.63, 3.8) is 0 Å². The molecule has 2 heterocycles. The SMILES string of the molecule is COCCCN1CCC(NC(=NCc2nnc(C)n2C)NC2CCCC2)CC1.I. The molecular formula is C20H38IN7O. The first kappa shape index (κ1) is 24.3. The van der Waals surface area contributed by atoms with Gasteiger partial charge in [-0.15, -0.1) is 34.2 Å². The van der Waals surface area contributed by atoms with Crippen LogP contribution in [0.4, 0.5) is 0 Å². The van der Waals surface area contributed by atoms with Crippen LogP contribution in [0.2, 0.25) is 0 Å². The molecule has 2 fully saturated rings. The predicted octanol–water partition coefficient (Wildman–Crippen LogP) is 2.22. The van der Waals surface area contributed by atoms with Gasteiger partial charge in [0, 0.05) is 52.5 Å². The lowest BCUT2D eigenvalue weighted by molar-refractivity contribution is 0.155. The van der Waals surface area contributed by atoms with Crippen molar-refractivity contribution < 1.29 is 4.74 Å². The summed E-state index contributed by atoms with van der Waals surface area (Å²) in [5.74, 6) is 2.76. The van der Waals surface area contributed by atoms with Gasteiger partial charge in [0.2, 0.25) is 0 Å². The van der Waals surface area contributed by atoms with E-state index in [4.69, 9.17) is 9.73 Å². The first-order chi connectivity index (χ1) is 13.7. The molecule has 1 saturated heterocycles. The Kier molecular flexibility index (Phi) is 10.6. The molecule has 0 bridgehead atoms. The molecule has 29 heavy (non-hydrogen) atoms. The number of hydrogen-bond donors (Lipinski definition) is 2. The average molecular weight is 519 g/mol. The van der Waals surface area contributed by atoms with E-state index < -0.39 is 0 Å². The Hall–Kier alpha value is -0.940. The second-order valence-electron chi connectivity index (χ2n) is 8.12. The Morgan fingerprint density at radius 3 is 2.34 bits per heavy atom. The van der Waals surface area contributed by atoms with Crippen LogP contribution in [0.5, 0.6) is 0 Å². The number of aryl methyl sites for hydroxylation is 1. The van der Waals surface area contributed by atoms with Crippen molar-refractivity contribution in [3.05, 3.63) is 11.6 Å². The van der Waals surface area contributed by atoms with Crippen LogP contribution in [-0.4, -0.2) is 71.1 Å². The van der Waals surface area contributed by atoms with Crippen LogP contribution in [0, 0.1) is 6.92 Å². The van der Waals surface area contributed by atoms with Crippen LogP contribution in [0.1, 0.15) is 56.6 Å². The van der Waals surface area contributed by atoms with Gasteiger partial charge in [0.15, 0.2) is 11.8 Å². The van der Waals surface area contributed by atoms with Crippen LogP contribution in [-0.2, 0) is 18.3 Å². The third kappa shape index (κ3) is 7.67. The molecule has 1 aliphatic heterocycles. The van der Waals surface area contributed by atoms with Crippen molar-refractivity contribution in [2.24, 2.45) is 12.0 Å². The summed E-state index contributed by atoms with van der Waals surface area (Å²) in [5, 5.41) is 15.7. The molecule has 8 nitrogen and oxygen atoms in total. The smallest absolute Gasteiger partial charge is 0.192 e. The zero-order chi connectivity index (χ0) is 19.8. The van der Waals surface area contributed by atoms with Gasteiger partial charge in [0.1, 0.15) is 12.4 Å². The second-order valence-corrected chi connectivity index (χ2v) is 8.12. The molecule has 2 N–H and O–H groups in total. The third-order valence-corrected chi connectivity index (χ3v) is 6.01. The zero-order valence-corrected chi connectivity index (χ0v) is 20.5. The van der Waals surface area contributed by atoms with E-state index in [0.717, 1.165) is 63.1 Å². The first-order valence-corrected chi connectivity index (χ1v) is 10.8. The molecule has 0 spiro atoms. The van der Waals surface area contributed by atoms with Crippen LogP contribution >= 0.6 is 24.0 Å². The van der Waals surface area contributed by atoms with E-state index in [1.807, 2.05) is 18.5 Å². The number of aliphatic imine (C=N–C) groups is 1. The fourth-order valence-electron chi connectivity index (χ4n) is 4.06. The number of halogens is 1. The Morgan fingerprint density at radius 2 is 1.76 bits per heavy atom. The number of ether oxygens (including phenoxy) is 1. The molecule has 0 atom stereocenters. The molecule has 2 aliphatic rings. The van der Waals surface area contributed by atoms with E-state index in [9.17, 15) is 0 Å². The number of likely N-dealkylation sites (tertiary alicyclic amines) is 1. The van der Waals surface area contributed by atoms with Gasteiger partial charge in [0.05, 0.1) is 0 Å². The van der Waals surface area contributed by atoms with Gasteiger partial charge in [-0.05, 0) is 39.0 Å². The highest BCUT2D eigenvalue weighted by atomic mass is 127. The van der Waals surface area contributed by atoms with Crippen LogP contribution < -0.4 is 10.6 Å². The topological polar surface area (TPSA) is 79.6 Å². The minimum atomic E-state index is 0. The molecule has 0 amide bonds. The lowest BCUT2D eigenvalue weighted by atomic mass is 10.1. The monoisotopic (exact) mass is 519 g/mol. The normalized spacial score (nSPS) is 19.3. The summed E-state index contributed by atoms with van der Waals surface area (Å²) in [7, 11) is 3.77. The lowest BCUT2D eigenvalue weighted by Crippen LogP contribution is -2.50. The molecule has 166 valence electrons. The predicted molar refractivity (Wildman–Crippen MR) is 127 cm³/mol. The lowest BCUT2D eigenvalue weighted by Gasteiger charge is -2.33. The van der Waals surface area contributed by atoms with Gasteiger partial charge in [-0.1, -0.05) is 12.8 Å². The Balaban J connectivity index is 0.00000300. The van der Waals surface area contributed by atoms with Crippen molar-refractivity contribution >= 4 is 29.9 Å². The number of nitrogens with zero attached hydrogens (tertiary/aromatic N) is 5. The summed E-state index contributed by atoms with van der Waals surface area (Å²) in [4.78, 5) is 7.39. The Bertz CT molecular complexity index is 622. The first-order valence-electron chi connectivity index (χ1n) is 10.8. The van der Waals surface area contributed by atoms with Crippen molar-refractivity contribution in [1.82, 2.24) is 30.3 Å². The Morgan fingerprint density at radius 1 is 1.10 bits per heavy atom. The number of rotatable bonds is 8. The minimum absolute atomic E-state index is 0. The minimum Gasteiger partial charge on any atom is -0.385 e. The molecule has 1 saturated carbocycles. The number of aromatic nitrogens is 3. The molecule has 9 heteroatoms. The van der Waals surface area contributed by atoms with Crippen LogP contribution in [0.3, 0.4) is 0 Å². The fourth-order valence-corrected chi connectivity index (χ4v) is 4.06. The molecule has 1 aromatic rings. The number of methoxy groups -OCH3 is 1. The van der Waals surface area contributed by atoms with E-state index in [0.29, 0.717) is 18.6 Å². The van der Waals surface area contributed by atoms with Gasteiger partial charge in [0.25, 0.3) is 0 Å². The maximum Gasteiger partial charge on any atom is 0.192 e. The zero-order valence-electron chi connectivity index (χ0n) is 18.2. The van der Waals surface area contributed by atoms with E-state index in [1.54, 1.807) is 7.11 Å². The summed E-state index contributed by atoms with van der Waals surface area (Å²) in [6, 6.07) is 1.02. The summed E-state index contributed by atoms with van der Waals surface area (Å²) in [6.07, 6.45) is 8.52. The van der Waals surface area contributed by atoms with Gasteiger partial charge in [-0.25, -0.2) is 4.99 Å². The van der Waals surface area contributed by atoms with Crippen molar-refractivity contribution in [2.45, 2.75) is 70.5 Å². The summed E-state index contributed by atoms with van der Waals surface area (Å²) >= 11 is 0. The number of piperidine rings is 1. The highest BCUT2D eigenvalue weighted by molar-refractivity contribution is 14.0. The molecule has 1 aliphatic carbocycles. The van der Waals surface area contributed by atoms with E-state index in [1.165, 1.54) is 25.7 Å². The van der Waals surface area contributed by atoms with Gasteiger partial charge in [-0.3, -0.25) is 0 Å². The summed E-state index contributed by atoms with van der Waals surface area (Å²) in [5.41, 5.74) is 0. The van der Waals surface area contributed by atoms with Crippen molar-refractivity contribution in [3.8, 4) is 0 Å². The Labute approximate surface area is 192 Å². The fraction of sp³-hybridized carbons (Fsp3) is 0.850. The largest absolute Gasteiger partial charge is 0.385 e. The quantitative estimate of drug-likeness (QED) is 0.238. The molecule has 0 aromatic carbocycles. The third-order valence-electron chi connectivity index (χ3n) is 6.01. The average Bonchev–Trinajstić information content (AvgIpc) is 3.32. The number of hydrogen-bond acceptors (Lipinski definition) is 5. The van der Waals surface area contributed by atoms with Crippen molar-refractivity contribution in [1.29, 1.82) is 0 Å². The number of nitrogens with one attached hydrogen (secondary N) is 2. The van der Waals surface area contributed by atoms with E-state index in [-0.39, 0.29) is 24.0 Å². The summed E-state index contributed by atoms with van der Waals surface area (Å²) < 4.78 is 7.18. The van der Waals surface area contributed by atoms with E-state index >= 15 is 0 Å². The highest BCUT2D eigenvalue weighted by Gasteiger charge is 2.22. The maximum absolute atomic E-state index is 5.17. The summed E-state index contributed by atoms with van der Waals surface area (Å²) in [6.45, 7) is 6.78. The van der Waals surface area contributed by atoms with Crippen molar-refractivity contribution in [2.75, 3.05) is 33.4 Å². The maximum atomic E-state index is 5.17. The van der Waals surface area contributed by atoms with Gasteiger partial charge in [-0.2, -0.15) is 0 Å². The van der Waals surface area contributed by atoms with Crippen LogP contribution in [0.25, 0.3) is 0 Å². The standard InChI is InChI=1S/C20H37N7O.HI/c1-16-24-25-19(26(16)2)15-21-20(22-17-7-4-5-8-17)23-18-9-12-27(13-10-18)11-6-14-28-3;/h17-18H,4-15H2,1-3H3,(H2,21,22,23);1H.